The van der Waals surface area contributed by atoms with E-state index in [1.165, 1.54) is 22.3 Å². The third kappa shape index (κ3) is 4.98. The van der Waals surface area contributed by atoms with Crippen LogP contribution in [0.5, 0.6) is 0 Å². The number of hydrogen-bond donors (Lipinski definition) is 0. The molecule has 0 aliphatic carbocycles. The topological polar surface area (TPSA) is 24.7 Å². The van der Waals surface area contributed by atoms with Crippen LogP contribution in [-0.2, 0) is 12.8 Å². The number of nitrogens with zero attached hydrogens (tertiary/aromatic N) is 2. The minimum atomic E-state index is 0.448. The molecule has 0 saturated carbocycles. The molecule has 0 aliphatic heterocycles. The lowest BCUT2D eigenvalue weighted by Crippen LogP contribution is -2.07. The largest absolute Gasteiger partial charge is 0.251 e. The molecule has 0 spiro atoms. The number of hydrogen-bond acceptors (Lipinski definition) is 2. The number of benzene rings is 2. The van der Waals surface area contributed by atoms with Crippen LogP contribution in [0.15, 0.2) is 46.4 Å². The Kier molecular flexibility index (Phi) is 7.74. The highest BCUT2D eigenvalue weighted by atomic mass is 14.8. The first-order valence-electron chi connectivity index (χ1n) is 10.6. The van der Waals surface area contributed by atoms with Gasteiger partial charge in [-0.25, -0.2) is 0 Å². The van der Waals surface area contributed by atoms with Gasteiger partial charge in [-0.1, -0.05) is 77.9 Å². The first kappa shape index (κ1) is 22.1. The third-order valence-electron chi connectivity index (χ3n) is 5.39. The smallest absolute Gasteiger partial charge is 0.0700 e. The average molecular weight is 377 g/mol. The molecule has 0 atom stereocenters. The van der Waals surface area contributed by atoms with Gasteiger partial charge in [0.2, 0.25) is 0 Å². The maximum atomic E-state index is 5.06. The molecule has 28 heavy (non-hydrogen) atoms. The van der Waals surface area contributed by atoms with Crippen molar-refractivity contribution in [1.29, 1.82) is 0 Å². The van der Waals surface area contributed by atoms with E-state index in [1.54, 1.807) is 0 Å². The Morgan fingerprint density at radius 1 is 0.679 bits per heavy atom. The Balaban J connectivity index is 2.56. The summed E-state index contributed by atoms with van der Waals surface area (Å²) in [6.07, 6.45) is 1.97. The van der Waals surface area contributed by atoms with Crippen LogP contribution in [-0.4, -0.2) is 11.4 Å². The summed E-state index contributed by atoms with van der Waals surface area (Å²) in [6.45, 7) is 17.5. The summed E-state index contributed by atoms with van der Waals surface area (Å²) in [4.78, 5) is 10.1. The summed E-state index contributed by atoms with van der Waals surface area (Å²) in [5, 5.41) is 0. The predicted octanol–water partition coefficient (Wildman–Crippen LogP) is 7.94. The standard InChI is InChI=1S/C26H36N2/c1-9-21-13-11-15-23(17(3)4)25(21)27-19(7)20(8)28-26-22(10-2)14-12-16-24(26)18(5)6/h11-18H,9-10H2,1-8H3. The van der Waals surface area contributed by atoms with Crippen molar-refractivity contribution in [2.75, 3.05) is 0 Å². The molecular weight excluding hydrogens is 340 g/mol. The van der Waals surface area contributed by atoms with Crippen molar-refractivity contribution >= 4 is 22.8 Å². The summed E-state index contributed by atoms with van der Waals surface area (Å²) >= 11 is 0. The second-order valence-electron chi connectivity index (χ2n) is 8.12. The summed E-state index contributed by atoms with van der Waals surface area (Å²) < 4.78 is 0. The van der Waals surface area contributed by atoms with E-state index < -0.39 is 0 Å². The molecule has 0 bridgehead atoms. The normalized spacial score (nSPS) is 12.9. The second kappa shape index (κ2) is 9.82. The minimum absolute atomic E-state index is 0.448. The van der Waals surface area contributed by atoms with Crippen molar-refractivity contribution in [3.05, 3.63) is 58.7 Å². The van der Waals surface area contributed by atoms with Crippen LogP contribution in [0.1, 0.15) is 89.5 Å². The molecule has 0 amide bonds. The van der Waals surface area contributed by atoms with Gasteiger partial charge in [-0.3, -0.25) is 9.98 Å². The number of rotatable bonds is 7. The van der Waals surface area contributed by atoms with Crippen LogP contribution in [0.4, 0.5) is 11.4 Å². The van der Waals surface area contributed by atoms with Crippen LogP contribution in [0.25, 0.3) is 0 Å². The highest BCUT2D eigenvalue weighted by molar-refractivity contribution is 6.41. The third-order valence-corrected chi connectivity index (χ3v) is 5.39. The summed E-state index contributed by atoms with van der Waals surface area (Å²) in [6, 6.07) is 13.1. The van der Waals surface area contributed by atoms with E-state index in [2.05, 4.69) is 91.8 Å². The van der Waals surface area contributed by atoms with Crippen LogP contribution in [0.2, 0.25) is 0 Å². The summed E-state index contributed by atoms with van der Waals surface area (Å²) in [7, 11) is 0. The molecule has 2 aromatic carbocycles. The molecule has 0 heterocycles. The van der Waals surface area contributed by atoms with Gasteiger partial charge in [-0.15, -0.1) is 0 Å². The van der Waals surface area contributed by atoms with Gasteiger partial charge < -0.3 is 0 Å². The zero-order valence-electron chi connectivity index (χ0n) is 18.9. The lowest BCUT2D eigenvalue weighted by molar-refractivity contribution is 0.862. The van der Waals surface area contributed by atoms with Gasteiger partial charge >= 0.3 is 0 Å². The molecular formula is C26H36N2. The molecule has 150 valence electrons. The molecule has 0 unspecified atom stereocenters. The van der Waals surface area contributed by atoms with E-state index in [0.29, 0.717) is 11.8 Å². The van der Waals surface area contributed by atoms with Crippen molar-refractivity contribution in [2.45, 2.75) is 80.1 Å². The van der Waals surface area contributed by atoms with Crippen molar-refractivity contribution in [3.63, 3.8) is 0 Å². The Hall–Kier alpha value is -2.22. The monoisotopic (exact) mass is 376 g/mol. The quantitative estimate of drug-likeness (QED) is 0.438. The van der Waals surface area contributed by atoms with Gasteiger partial charge in [0.25, 0.3) is 0 Å². The SMILES string of the molecule is CCc1cccc(C(C)C)c1N=C(C)C(C)=Nc1c(CC)cccc1C(C)C. The Bertz CT molecular complexity index is 796. The molecule has 2 aromatic rings. The lowest BCUT2D eigenvalue weighted by atomic mass is 9.96. The van der Waals surface area contributed by atoms with Crippen LogP contribution in [0, 0.1) is 0 Å². The van der Waals surface area contributed by atoms with Crippen molar-refractivity contribution in [3.8, 4) is 0 Å². The fraction of sp³-hybridized carbons (Fsp3) is 0.462. The number of aryl methyl sites for hydroxylation is 2. The molecule has 2 nitrogen and oxygen atoms in total. The van der Waals surface area contributed by atoms with Crippen molar-refractivity contribution < 1.29 is 0 Å². The first-order chi connectivity index (χ1) is 13.3. The highest BCUT2D eigenvalue weighted by Crippen LogP contribution is 2.33. The van der Waals surface area contributed by atoms with Gasteiger partial charge in [0.15, 0.2) is 0 Å². The second-order valence-corrected chi connectivity index (χ2v) is 8.12. The first-order valence-corrected chi connectivity index (χ1v) is 10.6. The van der Waals surface area contributed by atoms with Crippen LogP contribution in [0.3, 0.4) is 0 Å². The van der Waals surface area contributed by atoms with Gasteiger partial charge in [0.1, 0.15) is 0 Å². The van der Waals surface area contributed by atoms with E-state index in [-0.39, 0.29) is 0 Å². The van der Waals surface area contributed by atoms with Crippen LogP contribution >= 0.6 is 0 Å². The number of para-hydroxylation sites is 2. The minimum Gasteiger partial charge on any atom is -0.251 e. The molecule has 0 aromatic heterocycles. The predicted molar refractivity (Wildman–Crippen MR) is 125 cm³/mol. The molecule has 2 rings (SSSR count). The van der Waals surface area contributed by atoms with E-state index in [0.717, 1.165) is 35.6 Å². The zero-order valence-corrected chi connectivity index (χ0v) is 18.9. The highest BCUT2D eigenvalue weighted by Gasteiger charge is 2.13. The van der Waals surface area contributed by atoms with E-state index in [4.69, 9.17) is 9.98 Å². The van der Waals surface area contributed by atoms with E-state index in [1.807, 2.05) is 0 Å². The lowest BCUT2D eigenvalue weighted by Gasteiger charge is -2.15. The fourth-order valence-corrected chi connectivity index (χ4v) is 3.49. The van der Waals surface area contributed by atoms with E-state index in [9.17, 15) is 0 Å². The molecule has 0 radical (unpaired) electrons. The molecule has 0 fully saturated rings. The van der Waals surface area contributed by atoms with Gasteiger partial charge in [0, 0.05) is 0 Å². The molecule has 0 aliphatic rings. The maximum Gasteiger partial charge on any atom is 0.0700 e. The fourth-order valence-electron chi connectivity index (χ4n) is 3.49. The van der Waals surface area contributed by atoms with Gasteiger partial charge in [-0.2, -0.15) is 0 Å². The molecule has 2 heteroatoms. The maximum absolute atomic E-state index is 5.06. The zero-order chi connectivity index (χ0) is 20.8. The molecule has 0 N–H and O–H groups in total. The van der Waals surface area contributed by atoms with Crippen molar-refractivity contribution in [2.24, 2.45) is 9.98 Å². The van der Waals surface area contributed by atoms with Crippen molar-refractivity contribution in [1.82, 2.24) is 0 Å². The Labute approximate surface area is 171 Å². The Morgan fingerprint density at radius 2 is 1.04 bits per heavy atom. The summed E-state index contributed by atoms with van der Waals surface area (Å²) in [5.41, 5.74) is 9.45. The Morgan fingerprint density at radius 3 is 1.32 bits per heavy atom. The molecule has 0 saturated heterocycles. The average Bonchev–Trinajstić information content (AvgIpc) is 2.67. The van der Waals surface area contributed by atoms with Gasteiger partial charge in [-0.05, 0) is 60.8 Å². The van der Waals surface area contributed by atoms with E-state index >= 15 is 0 Å². The number of aliphatic imine (C=N–C) groups is 2. The van der Waals surface area contributed by atoms with Crippen LogP contribution < -0.4 is 0 Å². The summed E-state index contributed by atoms with van der Waals surface area (Å²) in [5.74, 6) is 0.896. The van der Waals surface area contributed by atoms with Gasteiger partial charge in [0.05, 0.1) is 22.8 Å².